The molecule has 1 aliphatic rings. The molecular formula is C14H20FN3O. The van der Waals surface area contributed by atoms with Gasteiger partial charge in [-0.25, -0.2) is 9.18 Å². The number of benzene rings is 1. The highest BCUT2D eigenvalue weighted by atomic mass is 19.1. The summed E-state index contributed by atoms with van der Waals surface area (Å²) in [5, 5.41) is 2.73. The van der Waals surface area contributed by atoms with Crippen LogP contribution in [0.3, 0.4) is 0 Å². The molecule has 1 heterocycles. The molecule has 4 nitrogen and oxygen atoms in total. The van der Waals surface area contributed by atoms with E-state index in [9.17, 15) is 9.18 Å². The van der Waals surface area contributed by atoms with Gasteiger partial charge in [0.25, 0.3) is 0 Å². The lowest BCUT2D eigenvalue weighted by molar-refractivity contribution is 0.151. The summed E-state index contributed by atoms with van der Waals surface area (Å²) in [5.41, 5.74) is 6.40. The van der Waals surface area contributed by atoms with Crippen LogP contribution in [-0.4, -0.2) is 29.6 Å². The molecule has 5 heteroatoms. The van der Waals surface area contributed by atoms with Crippen LogP contribution in [0.25, 0.3) is 0 Å². The Morgan fingerprint density at radius 3 is 3.00 bits per heavy atom. The summed E-state index contributed by atoms with van der Waals surface area (Å²) in [6.45, 7) is 2.62. The van der Waals surface area contributed by atoms with Crippen molar-refractivity contribution in [2.24, 2.45) is 5.73 Å². The molecule has 2 rings (SSSR count). The van der Waals surface area contributed by atoms with Crippen molar-refractivity contribution in [2.75, 3.05) is 11.9 Å². The zero-order valence-electron chi connectivity index (χ0n) is 11.1. The van der Waals surface area contributed by atoms with Crippen LogP contribution in [0.4, 0.5) is 14.9 Å². The fourth-order valence-electron chi connectivity index (χ4n) is 2.52. The molecule has 1 aromatic carbocycles. The summed E-state index contributed by atoms with van der Waals surface area (Å²) in [6, 6.07) is 5.70. The topological polar surface area (TPSA) is 58.4 Å². The van der Waals surface area contributed by atoms with Gasteiger partial charge in [-0.15, -0.1) is 0 Å². The normalized spacial score (nSPS) is 21.0. The molecule has 19 heavy (non-hydrogen) atoms. The zero-order valence-corrected chi connectivity index (χ0v) is 11.1. The molecule has 1 saturated heterocycles. The highest BCUT2D eigenvalue weighted by Crippen LogP contribution is 2.20. The van der Waals surface area contributed by atoms with E-state index in [1.54, 1.807) is 17.0 Å². The number of hydrogen-bond acceptors (Lipinski definition) is 2. The Hall–Kier alpha value is -1.62. The Kier molecular flexibility index (Phi) is 4.37. The van der Waals surface area contributed by atoms with E-state index in [-0.39, 0.29) is 23.9 Å². The summed E-state index contributed by atoms with van der Waals surface area (Å²) in [4.78, 5) is 14.0. The molecule has 3 N–H and O–H groups in total. The van der Waals surface area contributed by atoms with E-state index in [0.717, 1.165) is 19.3 Å². The number of halogens is 1. The molecule has 2 unspecified atom stereocenters. The second kappa shape index (κ2) is 6.02. The molecule has 0 radical (unpaired) electrons. The first kappa shape index (κ1) is 13.8. The molecule has 2 atom stereocenters. The number of likely N-dealkylation sites (tertiary alicyclic amines) is 1. The molecule has 104 valence electrons. The Morgan fingerprint density at radius 2 is 2.32 bits per heavy atom. The van der Waals surface area contributed by atoms with E-state index in [2.05, 4.69) is 5.32 Å². The maximum atomic E-state index is 13.1. The highest BCUT2D eigenvalue weighted by molar-refractivity contribution is 5.89. The molecule has 1 aromatic rings. The maximum Gasteiger partial charge on any atom is 0.322 e. The number of nitrogens with one attached hydrogen (secondary N) is 1. The van der Waals surface area contributed by atoms with E-state index in [0.29, 0.717) is 12.2 Å². The average Bonchev–Trinajstić information content (AvgIpc) is 2.38. The predicted octanol–water partition coefficient (Wildman–Crippen LogP) is 2.56. The van der Waals surface area contributed by atoms with Gasteiger partial charge in [0.05, 0.1) is 0 Å². The van der Waals surface area contributed by atoms with Gasteiger partial charge in [0, 0.05) is 24.3 Å². The largest absolute Gasteiger partial charge is 0.326 e. The summed E-state index contributed by atoms with van der Waals surface area (Å²) >= 11 is 0. The van der Waals surface area contributed by atoms with Gasteiger partial charge in [0.2, 0.25) is 0 Å². The predicted molar refractivity (Wildman–Crippen MR) is 73.4 cm³/mol. The van der Waals surface area contributed by atoms with Crippen molar-refractivity contribution in [3.8, 4) is 0 Å². The minimum Gasteiger partial charge on any atom is -0.326 e. The SMILES string of the molecule is CC(N)C1CCCCN1C(=O)Nc1cccc(F)c1. The number of piperidine rings is 1. The van der Waals surface area contributed by atoms with Crippen molar-refractivity contribution < 1.29 is 9.18 Å². The quantitative estimate of drug-likeness (QED) is 0.863. The Balaban J connectivity index is 2.05. The van der Waals surface area contributed by atoms with Crippen molar-refractivity contribution in [3.63, 3.8) is 0 Å². The lowest BCUT2D eigenvalue weighted by Crippen LogP contribution is -2.53. The summed E-state index contributed by atoms with van der Waals surface area (Å²) in [6.07, 6.45) is 3.00. The van der Waals surface area contributed by atoms with Crippen LogP contribution in [0.1, 0.15) is 26.2 Å². The fraction of sp³-hybridized carbons (Fsp3) is 0.500. The van der Waals surface area contributed by atoms with Crippen molar-refractivity contribution in [1.82, 2.24) is 4.90 Å². The van der Waals surface area contributed by atoms with Gasteiger partial charge in [-0.3, -0.25) is 0 Å². The first-order chi connectivity index (χ1) is 9.08. The van der Waals surface area contributed by atoms with Gasteiger partial charge in [0.1, 0.15) is 5.82 Å². The van der Waals surface area contributed by atoms with Gasteiger partial charge in [0.15, 0.2) is 0 Å². The van der Waals surface area contributed by atoms with Crippen molar-refractivity contribution >= 4 is 11.7 Å². The lowest BCUT2D eigenvalue weighted by atomic mass is 9.97. The molecule has 1 fully saturated rings. The summed E-state index contributed by atoms with van der Waals surface area (Å²) in [7, 11) is 0. The first-order valence-electron chi connectivity index (χ1n) is 6.66. The van der Waals surface area contributed by atoms with Crippen LogP contribution < -0.4 is 11.1 Å². The van der Waals surface area contributed by atoms with Gasteiger partial charge >= 0.3 is 6.03 Å². The Labute approximate surface area is 112 Å². The van der Waals surface area contributed by atoms with Gasteiger partial charge in [-0.2, -0.15) is 0 Å². The van der Waals surface area contributed by atoms with E-state index in [4.69, 9.17) is 5.73 Å². The lowest BCUT2D eigenvalue weighted by Gasteiger charge is -2.37. The number of anilines is 1. The smallest absolute Gasteiger partial charge is 0.322 e. The minimum absolute atomic E-state index is 0.0569. The van der Waals surface area contributed by atoms with E-state index in [1.807, 2.05) is 6.92 Å². The maximum absolute atomic E-state index is 13.1. The third-order valence-corrected chi connectivity index (χ3v) is 3.49. The number of hydrogen-bond donors (Lipinski definition) is 2. The van der Waals surface area contributed by atoms with E-state index in [1.165, 1.54) is 12.1 Å². The Bertz CT molecular complexity index is 450. The van der Waals surface area contributed by atoms with Crippen molar-refractivity contribution in [1.29, 1.82) is 0 Å². The van der Waals surface area contributed by atoms with E-state index < -0.39 is 0 Å². The average molecular weight is 265 g/mol. The monoisotopic (exact) mass is 265 g/mol. The van der Waals surface area contributed by atoms with E-state index >= 15 is 0 Å². The molecule has 0 bridgehead atoms. The van der Waals surface area contributed by atoms with Crippen LogP contribution in [0.2, 0.25) is 0 Å². The van der Waals surface area contributed by atoms with Gasteiger partial charge in [-0.05, 0) is 44.4 Å². The third-order valence-electron chi connectivity index (χ3n) is 3.49. The molecule has 0 saturated carbocycles. The molecule has 0 aromatic heterocycles. The van der Waals surface area contributed by atoms with Crippen LogP contribution >= 0.6 is 0 Å². The van der Waals surface area contributed by atoms with Crippen LogP contribution in [-0.2, 0) is 0 Å². The first-order valence-corrected chi connectivity index (χ1v) is 6.66. The summed E-state index contributed by atoms with van der Waals surface area (Å²) < 4.78 is 13.1. The number of carbonyl (C=O) groups excluding carboxylic acids is 1. The molecule has 0 aliphatic carbocycles. The number of carbonyl (C=O) groups is 1. The van der Waals surface area contributed by atoms with Crippen LogP contribution in [0.5, 0.6) is 0 Å². The Morgan fingerprint density at radius 1 is 1.53 bits per heavy atom. The zero-order chi connectivity index (χ0) is 13.8. The highest BCUT2D eigenvalue weighted by Gasteiger charge is 2.29. The van der Waals surface area contributed by atoms with Crippen molar-refractivity contribution in [2.45, 2.75) is 38.3 Å². The second-order valence-electron chi connectivity index (χ2n) is 5.06. The van der Waals surface area contributed by atoms with Crippen LogP contribution in [0.15, 0.2) is 24.3 Å². The summed E-state index contributed by atoms with van der Waals surface area (Å²) in [5.74, 6) is -0.361. The fourth-order valence-corrected chi connectivity index (χ4v) is 2.52. The number of urea groups is 1. The molecule has 1 aliphatic heterocycles. The number of nitrogens with two attached hydrogens (primary N) is 1. The number of amides is 2. The standard InChI is InChI=1S/C14H20FN3O/c1-10(16)13-7-2-3-8-18(13)14(19)17-12-6-4-5-11(15)9-12/h4-6,9-10,13H,2-3,7-8,16H2,1H3,(H,17,19). The minimum atomic E-state index is -0.361. The number of rotatable bonds is 2. The molecular weight excluding hydrogens is 245 g/mol. The molecule has 2 amide bonds. The van der Waals surface area contributed by atoms with Gasteiger partial charge < -0.3 is 16.0 Å². The van der Waals surface area contributed by atoms with Gasteiger partial charge in [-0.1, -0.05) is 6.07 Å². The number of nitrogens with zero attached hydrogens (tertiary/aromatic N) is 1. The van der Waals surface area contributed by atoms with Crippen molar-refractivity contribution in [3.05, 3.63) is 30.1 Å². The van der Waals surface area contributed by atoms with Crippen LogP contribution in [0, 0.1) is 5.82 Å². The second-order valence-corrected chi connectivity index (χ2v) is 5.06. The third kappa shape index (κ3) is 3.44. The molecule has 0 spiro atoms.